The monoisotopic (exact) mass is 275 g/mol. The summed E-state index contributed by atoms with van der Waals surface area (Å²) in [5.41, 5.74) is 2.31. The van der Waals surface area contributed by atoms with Gasteiger partial charge in [-0.1, -0.05) is 17.7 Å². The zero-order valence-electron chi connectivity index (χ0n) is 12.5. The van der Waals surface area contributed by atoms with Gasteiger partial charge in [0.2, 0.25) is 0 Å². The number of rotatable bonds is 9. The maximum Gasteiger partial charge on any atom is 0.122 e. The van der Waals surface area contributed by atoms with Crippen molar-refractivity contribution in [2.75, 3.05) is 19.7 Å². The standard InChI is InChI=1S/C17H25NO2/c1-4-5-6-7-10-18-12-16(19)13-20-17-9-8-14(2)11-15(17)3/h1,8-9,11,16,18-19H,5-7,10,12-13H2,2-3H3. The van der Waals surface area contributed by atoms with E-state index in [2.05, 4.69) is 24.2 Å². The van der Waals surface area contributed by atoms with Crippen LogP contribution in [0.5, 0.6) is 5.75 Å². The first kappa shape index (κ1) is 16.6. The van der Waals surface area contributed by atoms with E-state index in [0.29, 0.717) is 13.2 Å². The number of terminal acetylenes is 1. The fourth-order valence-electron chi connectivity index (χ4n) is 1.95. The van der Waals surface area contributed by atoms with Crippen LogP contribution in [0, 0.1) is 26.2 Å². The summed E-state index contributed by atoms with van der Waals surface area (Å²) < 4.78 is 5.63. The summed E-state index contributed by atoms with van der Waals surface area (Å²) in [6.45, 7) is 5.79. The highest BCUT2D eigenvalue weighted by atomic mass is 16.5. The number of unbranched alkanes of at least 4 members (excludes halogenated alkanes) is 2. The molecular formula is C17H25NO2. The molecule has 0 aliphatic heterocycles. The molecule has 0 heterocycles. The summed E-state index contributed by atoms with van der Waals surface area (Å²) in [5.74, 6) is 3.45. The Hall–Kier alpha value is -1.50. The molecule has 0 amide bonds. The van der Waals surface area contributed by atoms with E-state index in [4.69, 9.17) is 11.2 Å². The van der Waals surface area contributed by atoms with Crippen molar-refractivity contribution in [3.63, 3.8) is 0 Å². The topological polar surface area (TPSA) is 41.5 Å². The Labute approximate surface area is 122 Å². The van der Waals surface area contributed by atoms with Gasteiger partial charge in [-0.2, -0.15) is 0 Å². The van der Waals surface area contributed by atoms with Gasteiger partial charge in [0.15, 0.2) is 0 Å². The third-order valence-corrected chi connectivity index (χ3v) is 3.07. The minimum absolute atomic E-state index is 0.307. The molecular weight excluding hydrogens is 250 g/mol. The molecule has 3 heteroatoms. The van der Waals surface area contributed by atoms with Gasteiger partial charge in [0.1, 0.15) is 18.5 Å². The van der Waals surface area contributed by atoms with Crippen molar-refractivity contribution < 1.29 is 9.84 Å². The first-order chi connectivity index (χ1) is 9.63. The Morgan fingerprint density at radius 2 is 2.15 bits per heavy atom. The van der Waals surface area contributed by atoms with Gasteiger partial charge in [0.25, 0.3) is 0 Å². The van der Waals surface area contributed by atoms with Crippen LogP contribution in [-0.4, -0.2) is 30.9 Å². The van der Waals surface area contributed by atoms with E-state index in [0.717, 1.165) is 37.1 Å². The van der Waals surface area contributed by atoms with Crippen molar-refractivity contribution in [3.8, 4) is 18.1 Å². The molecule has 0 bridgehead atoms. The highest BCUT2D eigenvalue weighted by Gasteiger charge is 2.06. The van der Waals surface area contributed by atoms with Gasteiger partial charge in [-0.15, -0.1) is 12.3 Å². The second-order valence-electron chi connectivity index (χ2n) is 5.10. The van der Waals surface area contributed by atoms with Gasteiger partial charge in [0.05, 0.1) is 0 Å². The molecule has 0 fully saturated rings. The van der Waals surface area contributed by atoms with Crippen LogP contribution in [0.1, 0.15) is 30.4 Å². The zero-order valence-corrected chi connectivity index (χ0v) is 12.5. The van der Waals surface area contributed by atoms with E-state index < -0.39 is 6.10 Å². The largest absolute Gasteiger partial charge is 0.491 e. The fourth-order valence-corrected chi connectivity index (χ4v) is 1.95. The summed E-state index contributed by atoms with van der Waals surface area (Å²) in [5, 5.41) is 13.0. The number of hydrogen-bond acceptors (Lipinski definition) is 3. The number of nitrogens with one attached hydrogen (secondary N) is 1. The Morgan fingerprint density at radius 3 is 2.85 bits per heavy atom. The quantitative estimate of drug-likeness (QED) is 0.537. The summed E-state index contributed by atoms with van der Waals surface area (Å²) in [4.78, 5) is 0. The second kappa shape index (κ2) is 9.41. The Bertz CT molecular complexity index is 437. The van der Waals surface area contributed by atoms with E-state index in [1.54, 1.807) is 0 Å². The molecule has 1 rings (SSSR count). The molecule has 0 aromatic heterocycles. The molecule has 20 heavy (non-hydrogen) atoms. The molecule has 3 nitrogen and oxygen atoms in total. The van der Waals surface area contributed by atoms with Crippen LogP contribution in [0.3, 0.4) is 0 Å². The lowest BCUT2D eigenvalue weighted by Crippen LogP contribution is -2.32. The molecule has 0 aliphatic rings. The van der Waals surface area contributed by atoms with Crippen molar-refractivity contribution in [2.24, 2.45) is 0 Å². The summed E-state index contributed by atoms with van der Waals surface area (Å²) in [6, 6.07) is 6.04. The van der Waals surface area contributed by atoms with Crippen LogP contribution < -0.4 is 10.1 Å². The van der Waals surface area contributed by atoms with Crippen molar-refractivity contribution >= 4 is 0 Å². The van der Waals surface area contributed by atoms with E-state index in [1.165, 1.54) is 5.56 Å². The van der Waals surface area contributed by atoms with E-state index in [-0.39, 0.29) is 0 Å². The SMILES string of the molecule is C#CCCCCNCC(O)COc1ccc(C)cc1C. The highest BCUT2D eigenvalue weighted by Crippen LogP contribution is 2.18. The number of aliphatic hydroxyl groups is 1. The molecule has 2 N–H and O–H groups in total. The molecule has 1 aromatic rings. The Kier molecular flexibility index (Phi) is 7.79. The number of ether oxygens (including phenoxy) is 1. The van der Waals surface area contributed by atoms with Gasteiger partial charge < -0.3 is 15.2 Å². The van der Waals surface area contributed by atoms with Crippen molar-refractivity contribution in [1.82, 2.24) is 5.32 Å². The predicted octanol–water partition coefficient (Wildman–Crippen LogP) is 2.44. The molecule has 0 spiro atoms. The molecule has 1 unspecified atom stereocenters. The minimum Gasteiger partial charge on any atom is -0.491 e. The van der Waals surface area contributed by atoms with Crippen molar-refractivity contribution in [1.29, 1.82) is 0 Å². The molecule has 0 saturated heterocycles. The van der Waals surface area contributed by atoms with E-state index >= 15 is 0 Å². The van der Waals surface area contributed by atoms with Gasteiger partial charge in [-0.05, 0) is 44.9 Å². The number of aliphatic hydroxyl groups excluding tert-OH is 1. The smallest absolute Gasteiger partial charge is 0.122 e. The molecule has 1 atom stereocenters. The Balaban J connectivity index is 2.16. The van der Waals surface area contributed by atoms with Gasteiger partial charge in [-0.25, -0.2) is 0 Å². The maximum absolute atomic E-state index is 9.84. The average Bonchev–Trinajstić information content (AvgIpc) is 2.41. The van der Waals surface area contributed by atoms with Gasteiger partial charge >= 0.3 is 0 Å². The van der Waals surface area contributed by atoms with Crippen LogP contribution in [0.15, 0.2) is 18.2 Å². The van der Waals surface area contributed by atoms with Crippen LogP contribution in [0.25, 0.3) is 0 Å². The van der Waals surface area contributed by atoms with Crippen LogP contribution in [-0.2, 0) is 0 Å². The van der Waals surface area contributed by atoms with Gasteiger partial charge in [-0.3, -0.25) is 0 Å². The molecule has 0 aliphatic carbocycles. The summed E-state index contributed by atoms with van der Waals surface area (Å²) >= 11 is 0. The lowest BCUT2D eigenvalue weighted by atomic mass is 10.1. The molecule has 1 aromatic carbocycles. The first-order valence-electron chi connectivity index (χ1n) is 7.15. The minimum atomic E-state index is -0.497. The second-order valence-corrected chi connectivity index (χ2v) is 5.10. The van der Waals surface area contributed by atoms with E-state index in [9.17, 15) is 5.11 Å². The average molecular weight is 275 g/mol. The van der Waals surface area contributed by atoms with Crippen LogP contribution in [0.4, 0.5) is 0 Å². The molecule has 0 radical (unpaired) electrons. The highest BCUT2D eigenvalue weighted by molar-refractivity contribution is 5.35. The zero-order chi connectivity index (χ0) is 14.8. The maximum atomic E-state index is 9.84. The summed E-state index contributed by atoms with van der Waals surface area (Å²) in [7, 11) is 0. The van der Waals surface area contributed by atoms with Crippen LogP contribution >= 0.6 is 0 Å². The van der Waals surface area contributed by atoms with E-state index in [1.807, 2.05) is 19.1 Å². The van der Waals surface area contributed by atoms with Crippen molar-refractivity contribution in [3.05, 3.63) is 29.3 Å². The number of hydrogen-bond donors (Lipinski definition) is 2. The van der Waals surface area contributed by atoms with Crippen molar-refractivity contribution in [2.45, 2.75) is 39.2 Å². The Morgan fingerprint density at radius 1 is 1.35 bits per heavy atom. The van der Waals surface area contributed by atoms with Crippen LogP contribution in [0.2, 0.25) is 0 Å². The third kappa shape index (κ3) is 6.60. The molecule has 0 saturated carbocycles. The lowest BCUT2D eigenvalue weighted by Gasteiger charge is -2.14. The lowest BCUT2D eigenvalue weighted by molar-refractivity contribution is 0.106. The first-order valence-corrected chi connectivity index (χ1v) is 7.15. The number of aryl methyl sites for hydroxylation is 2. The normalized spacial score (nSPS) is 11.9. The fraction of sp³-hybridized carbons (Fsp3) is 0.529. The molecule has 110 valence electrons. The van der Waals surface area contributed by atoms with Gasteiger partial charge in [0, 0.05) is 13.0 Å². The third-order valence-electron chi connectivity index (χ3n) is 3.07. The summed E-state index contributed by atoms with van der Waals surface area (Å²) in [6.07, 6.45) is 7.57. The number of benzene rings is 1. The predicted molar refractivity (Wildman–Crippen MR) is 83.0 cm³/mol.